The number of hydrogen-bond acceptors (Lipinski definition) is 3. The van der Waals surface area contributed by atoms with Gasteiger partial charge in [-0.25, -0.2) is 0 Å². The molecular formula is C16H15N3O2. The molecule has 2 fully saturated rings. The highest BCUT2D eigenvalue weighted by Crippen LogP contribution is 2.27. The van der Waals surface area contributed by atoms with Crippen molar-refractivity contribution < 1.29 is 9.59 Å². The van der Waals surface area contributed by atoms with E-state index in [1.54, 1.807) is 6.20 Å². The van der Waals surface area contributed by atoms with E-state index in [0.717, 1.165) is 17.3 Å². The predicted octanol–water partition coefficient (Wildman–Crippen LogP) is 1.34. The van der Waals surface area contributed by atoms with Gasteiger partial charge in [0, 0.05) is 30.1 Å². The molecule has 2 aromatic rings. The van der Waals surface area contributed by atoms with Gasteiger partial charge in [0.25, 0.3) is 5.91 Å². The van der Waals surface area contributed by atoms with E-state index in [4.69, 9.17) is 0 Å². The van der Waals surface area contributed by atoms with Gasteiger partial charge in [0.15, 0.2) is 0 Å². The zero-order chi connectivity index (χ0) is 14.4. The minimum Gasteiger partial charge on any atom is -0.351 e. The molecule has 1 aromatic heterocycles. The van der Waals surface area contributed by atoms with Crippen LogP contribution in [0, 0.1) is 0 Å². The molecule has 0 spiro atoms. The minimum atomic E-state index is 0.00440. The third-order valence-electron chi connectivity index (χ3n) is 4.40. The van der Waals surface area contributed by atoms with Crippen molar-refractivity contribution in [3.8, 4) is 0 Å². The number of fused-ring (bicyclic) bond motifs is 2. The summed E-state index contributed by atoms with van der Waals surface area (Å²) >= 11 is 0. The number of benzene rings is 1. The van der Waals surface area contributed by atoms with Gasteiger partial charge in [-0.1, -0.05) is 6.07 Å². The molecule has 5 heteroatoms. The number of rotatable bonds is 1. The molecule has 2 aliphatic heterocycles. The molecule has 0 aliphatic carbocycles. The molecule has 0 bridgehead atoms. The fourth-order valence-corrected chi connectivity index (χ4v) is 3.36. The van der Waals surface area contributed by atoms with Crippen molar-refractivity contribution in [3.05, 3.63) is 42.1 Å². The monoisotopic (exact) mass is 281 g/mol. The number of likely N-dealkylation sites (tertiary alicyclic amines) is 1. The summed E-state index contributed by atoms with van der Waals surface area (Å²) in [6.45, 7) is 0.708. The summed E-state index contributed by atoms with van der Waals surface area (Å²) in [5, 5.41) is 3.90. The Kier molecular flexibility index (Phi) is 2.67. The lowest BCUT2D eigenvalue weighted by Crippen LogP contribution is -2.38. The fraction of sp³-hybridized carbons (Fsp3) is 0.312. The summed E-state index contributed by atoms with van der Waals surface area (Å²) < 4.78 is 0. The Hall–Kier alpha value is -2.43. The van der Waals surface area contributed by atoms with E-state index < -0.39 is 0 Å². The number of amides is 2. The zero-order valence-electron chi connectivity index (χ0n) is 11.5. The van der Waals surface area contributed by atoms with E-state index in [1.165, 1.54) is 0 Å². The van der Waals surface area contributed by atoms with Crippen molar-refractivity contribution in [2.75, 3.05) is 6.54 Å². The summed E-state index contributed by atoms with van der Waals surface area (Å²) in [4.78, 5) is 30.3. The van der Waals surface area contributed by atoms with Crippen molar-refractivity contribution in [1.82, 2.24) is 15.2 Å². The first-order valence-corrected chi connectivity index (χ1v) is 7.17. The molecule has 21 heavy (non-hydrogen) atoms. The van der Waals surface area contributed by atoms with Crippen LogP contribution >= 0.6 is 0 Å². The molecule has 2 saturated heterocycles. The van der Waals surface area contributed by atoms with Crippen LogP contribution in [0.25, 0.3) is 10.9 Å². The highest BCUT2D eigenvalue weighted by Gasteiger charge is 2.43. The van der Waals surface area contributed by atoms with Gasteiger partial charge in [-0.2, -0.15) is 0 Å². The van der Waals surface area contributed by atoms with Crippen molar-refractivity contribution >= 4 is 22.7 Å². The lowest BCUT2D eigenvalue weighted by molar-refractivity contribution is -0.119. The summed E-state index contributed by atoms with van der Waals surface area (Å²) in [7, 11) is 0. The van der Waals surface area contributed by atoms with Crippen LogP contribution in [0.4, 0.5) is 0 Å². The second kappa shape index (κ2) is 4.55. The molecule has 2 atom stereocenters. The van der Waals surface area contributed by atoms with Crippen LogP contribution in [-0.2, 0) is 4.79 Å². The minimum absolute atomic E-state index is 0.00440. The predicted molar refractivity (Wildman–Crippen MR) is 77.7 cm³/mol. The SMILES string of the molecule is O=C1C[C@@H]2[C@@H](CCN2C(=O)c2ccc3ncccc3c2)N1. The first-order valence-electron chi connectivity index (χ1n) is 7.17. The number of carbonyl (C=O) groups excluding carboxylic acids is 2. The molecule has 4 rings (SSSR count). The molecule has 106 valence electrons. The topological polar surface area (TPSA) is 62.3 Å². The van der Waals surface area contributed by atoms with Gasteiger partial charge >= 0.3 is 0 Å². The van der Waals surface area contributed by atoms with Crippen LogP contribution in [0.15, 0.2) is 36.5 Å². The van der Waals surface area contributed by atoms with Gasteiger partial charge in [-0.05, 0) is 30.7 Å². The molecule has 1 N–H and O–H groups in total. The summed E-state index contributed by atoms with van der Waals surface area (Å²) in [5.41, 5.74) is 1.54. The quantitative estimate of drug-likeness (QED) is 0.858. The van der Waals surface area contributed by atoms with Gasteiger partial charge in [0.1, 0.15) is 0 Å². The number of hydrogen-bond donors (Lipinski definition) is 1. The maximum atomic E-state index is 12.7. The Morgan fingerprint density at radius 3 is 3.14 bits per heavy atom. The molecule has 3 heterocycles. The van der Waals surface area contributed by atoms with Crippen LogP contribution in [0.2, 0.25) is 0 Å². The van der Waals surface area contributed by atoms with Crippen LogP contribution in [0.1, 0.15) is 23.2 Å². The van der Waals surface area contributed by atoms with Gasteiger partial charge < -0.3 is 10.2 Å². The van der Waals surface area contributed by atoms with Crippen LogP contribution in [0.3, 0.4) is 0 Å². The molecule has 0 saturated carbocycles. The third kappa shape index (κ3) is 1.96. The van der Waals surface area contributed by atoms with Gasteiger partial charge in [-0.15, -0.1) is 0 Å². The first kappa shape index (κ1) is 12.3. The van der Waals surface area contributed by atoms with E-state index in [-0.39, 0.29) is 23.9 Å². The van der Waals surface area contributed by atoms with Gasteiger partial charge in [0.2, 0.25) is 5.91 Å². The highest BCUT2D eigenvalue weighted by molar-refractivity contribution is 5.98. The summed E-state index contributed by atoms with van der Waals surface area (Å²) in [6.07, 6.45) is 3.01. The van der Waals surface area contributed by atoms with Gasteiger partial charge in [-0.3, -0.25) is 14.6 Å². The molecule has 2 aliphatic rings. The number of pyridine rings is 1. The summed E-state index contributed by atoms with van der Waals surface area (Å²) in [6, 6.07) is 9.51. The lowest BCUT2D eigenvalue weighted by atomic mass is 10.1. The molecule has 0 unspecified atom stereocenters. The average Bonchev–Trinajstić information content (AvgIpc) is 3.05. The number of aromatic nitrogens is 1. The Labute approximate surface area is 122 Å². The molecule has 0 radical (unpaired) electrons. The second-order valence-electron chi connectivity index (χ2n) is 5.64. The van der Waals surface area contributed by atoms with E-state index in [9.17, 15) is 9.59 Å². The zero-order valence-corrected chi connectivity index (χ0v) is 11.5. The summed E-state index contributed by atoms with van der Waals surface area (Å²) in [5.74, 6) is 0.0509. The standard InChI is InChI=1S/C16H15N3O2/c20-15-9-14-13(18-15)5-7-19(14)16(21)11-3-4-12-10(8-11)2-1-6-17-12/h1-4,6,8,13-14H,5,7,9H2,(H,18,20)/t13-,14-/m1/s1. The largest absolute Gasteiger partial charge is 0.351 e. The molecular weight excluding hydrogens is 266 g/mol. The van der Waals surface area contributed by atoms with Crippen molar-refractivity contribution in [2.45, 2.75) is 24.9 Å². The van der Waals surface area contributed by atoms with Gasteiger partial charge in [0.05, 0.1) is 17.6 Å². The Morgan fingerprint density at radius 1 is 1.33 bits per heavy atom. The van der Waals surface area contributed by atoms with E-state index in [2.05, 4.69) is 10.3 Å². The van der Waals surface area contributed by atoms with E-state index in [0.29, 0.717) is 18.5 Å². The molecule has 2 amide bonds. The van der Waals surface area contributed by atoms with Crippen LogP contribution < -0.4 is 5.32 Å². The van der Waals surface area contributed by atoms with Crippen LogP contribution in [-0.4, -0.2) is 40.3 Å². The molecule has 5 nitrogen and oxygen atoms in total. The molecule has 1 aromatic carbocycles. The number of nitrogens with zero attached hydrogens (tertiary/aromatic N) is 2. The maximum Gasteiger partial charge on any atom is 0.254 e. The Balaban J connectivity index is 1.65. The smallest absolute Gasteiger partial charge is 0.254 e. The lowest BCUT2D eigenvalue weighted by Gasteiger charge is -2.22. The van der Waals surface area contributed by atoms with E-state index in [1.807, 2.05) is 35.2 Å². The average molecular weight is 281 g/mol. The first-order chi connectivity index (χ1) is 10.2. The highest BCUT2D eigenvalue weighted by atomic mass is 16.2. The van der Waals surface area contributed by atoms with Crippen molar-refractivity contribution in [1.29, 1.82) is 0 Å². The normalized spacial score (nSPS) is 24.2. The Morgan fingerprint density at radius 2 is 2.24 bits per heavy atom. The van der Waals surface area contributed by atoms with Crippen molar-refractivity contribution in [3.63, 3.8) is 0 Å². The third-order valence-corrected chi connectivity index (χ3v) is 4.40. The van der Waals surface area contributed by atoms with Crippen LogP contribution in [0.5, 0.6) is 0 Å². The Bertz CT molecular complexity index is 743. The second-order valence-corrected chi connectivity index (χ2v) is 5.64. The number of nitrogens with one attached hydrogen (secondary N) is 1. The fourth-order valence-electron chi connectivity index (χ4n) is 3.36. The van der Waals surface area contributed by atoms with E-state index >= 15 is 0 Å². The maximum absolute atomic E-state index is 12.7. The number of carbonyl (C=O) groups is 2. The van der Waals surface area contributed by atoms with Crippen molar-refractivity contribution in [2.24, 2.45) is 0 Å².